The molecule has 0 spiro atoms. The van der Waals surface area contributed by atoms with E-state index in [2.05, 4.69) is 26.8 Å². The molecule has 1 saturated heterocycles. The van der Waals surface area contributed by atoms with Crippen molar-refractivity contribution in [1.29, 1.82) is 0 Å². The number of piperazine rings is 1. The predicted octanol–water partition coefficient (Wildman–Crippen LogP) is 9.34. The predicted molar refractivity (Wildman–Crippen MR) is 271 cm³/mol. The number of carboxylic acid groups (broad SMARTS) is 1. The van der Waals surface area contributed by atoms with Crippen molar-refractivity contribution in [3.63, 3.8) is 0 Å². The minimum atomic E-state index is -1.50. The first-order valence-electron chi connectivity index (χ1n) is 24.3. The van der Waals surface area contributed by atoms with E-state index in [1.54, 1.807) is 48.9 Å². The van der Waals surface area contributed by atoms with Gasteiger partial charge in [0.05, 0.1) is 54.2 Å². The van der Waals surface area contributed by atoms with Crippen LogP contribution < -0.4 is 18.9 Å². The number of rotatable bonds is 16. The van der Waals surface area contributed by atoms with Gasteiger partial charge in [-0.3, -0.25) is 4.90 Å². The van der Waals surface area contributed by atoms with Crippen LogP contribution in [0.2, 0.25) is 10.0 Å². The molecule has 10 rings (SSSR count). The van der Waals surface area contributed by atoms with Crippen molar-refractivity contribution in [3.8, 4) is 34.3 Å². The van der Waals surface area contributed by atoms with Crippen LogP contribution in [-0.2, 0) is 32.0 Å². The Morgan fingerprint density at radius 1 is 0.986 bits per heavy atom. The number of aliphatic carboxylic acids is 1. The molecule has 1 N–H and O–H groups in total. The van der Waals surface area contributed by atoms with Gasteiger partial charge in [-0.15, -0.1) is 11.3 Å². The van der Waals surface area contributed by atoms with E-state index >= 15 is 4.39 Å². The van der Waals surface area contributed by atoms with Crippen LogP contribution in [0, 0.1) is 13.8 Å². The Morgan fingerprint density at radius 2 is 1.76 bits per heavy atom. The molecule has 19 heteroatoms. The van der Waals surface area contributed by atoms with E-state index in [4.69, 9.17) is 66.3 Å². The number of aromatic nitrogens is 4. The summed E-state index contributed by atoms with van der Waals surface area (Å²) < 4.78 is 58.1. The number of fused-ring (bicyclic) bond motifs is 7. The van der Waals surface area contributed by atoms with E-state index in [9.17, 15) is 9.90 Å². The maximum Gasteiger partial charge on any atom is 0.345 e. The van der Waals surface area contributed by atoms with Crippen molar-refractivity contribution in [1.82, 2.24) is 29.7 Å². The second kappa shape index (κ2) is 23.0. The van der Waals surface area contributed by atoms with E-state index < -0.39 is 23.8 Å². The van der Waals surface area contributed by atoms with Gasteiger partial charge in [0.25, 0.3) is 0 Å². The van der Waals surface area contributed by atoms with Gasteiger partial charge in [-0.05, 0) is 99.0 Å². The summed E-state index contributed by atoms with van der Waals surface area (Å²) >= 11 is 16.3. The molecule has 2 aromatic carbocycles. The smallest absolute Gasteiger partial charge is 0.345 e. The summed E-state index contributed by atoms with van der Waals surface area (Å²) in [6.07, 6.45) is 6.90. The summed E-state index contributed by atoms with van der Waals surface area (Å²) in [4.78, 5) is 38.4. The Hall–Kier alpha value is -4.72. The molecule has 6 heterocycles. The summed E-state index contributed by atoms with van der Waals surface area (Å²) in [6.45, 7) is 9.79. The van der Waals surface area contributed by atoms with Gasteiger partial charge in [0.2, 0.25) is 12.0 Å². The number of benzene rings is 2. The fourth-order valence-electron chi connectivity index (χ4n) is 9.50. The lowest BCUT2D eigenvalue weighted by Gasteiger charge is -2.35. The third-order valence-electron chi connectivity index (χ3n) is 13.9. The number of allylic oxidation sites excluding steroid dienone is 2. The minimum Gasteiger partial charge on any atom is -0.490 e. The molecule has 2 fully saturated rings. The van der Waals surface area contributed by atoms with Crippen LogP contribution in [0.5, 0.6) is 23.1 Å². The van der Waals surface area contributed by atoms with E-state index in [0.717, 1.165) is 78.1 Å². The van der Waals surface area contributed by atoms with Crippen molar-refractivity contribution in [2.24, 2.45) is 0 Å². The number of carbonyl (C=O) groups is 1. The maximum absolute atomic E-state index is 15.7. The van der Waals surface area contributed by atoms with E-state index in [1.165, 1.54) is 6.33 Å². The van der Waals surface area contributed by atoms with Crippen molar-refractivity contribution in [2.45, 2.75) is 89.2 Å². The van der Waals surface area contributed by atoms with Crippen LogP contribution in [0.1, 0.15) is 77.5 Å². The van der Waals surface area contributed by atoms with Gasteiger partial charge in [-0.2, -0.15) is 0 Å². The number of likely N-dealkylation sites (N-methyl/N-ethyl adjacent to an activating group) is 1. The molecule has 4 bridgehead atoms. The van der Waals surface area contributed by atoms with Crippen LogP contribution >= 0.6 is 34.5 Å². The third kappa shape index (κ3) is 11.9. The van der Waals surface area contributed by atoms with Crippen molar-refractivity contribution < 1.29 is 47.4 Å². The SMILES string of the molecule is COCCOCCOC[C@@]1(F)CC=C(c2nccc(COc3ccc4cc3C[C@H](C(=O)O)Oc3ncnc5sc(C6CCC6)c(c35)-c3c(C)c(Cl)c(c(Cl)c3C)O[C@H](CN3CCN(C)CC3)CO4)n2)CC1. The summed E-state index contributed by atoms with van der Waals surface area (Å²) in [5.41, 5.74) is 3.69. The summed E-state index contributed by atoms with van der Waals surface area (Å²) in [5.74, 6) is 0.990. The Bertz CT molecular complexity index is 2710. The minimum absolute atomic E-state index is 0.0268. The third-order valence-corrected chi connectivity index (χ3v) is 16.0. The summed E-state index contributed by atoms with van der Waals surface area (Å²) in [6, 6.07) is 7.08. The molecule has 5 aromatic rings. The molecule has 71 heavy (non-hydrogen) atoms. The lowest BCUT2D eigenvalue weighted by Crippen LogP contribution is -2.49. The van der Waals surface area contributed by atoms with Gasteiger partial charge in [-0.1, -0.05) is 35.7 Å². The lowest BCUT2D eigenvalue weighted by molar-refractivity contribution is -0.145. The number of halogens is 3. The first-order chi connectivity index (χ1) is 34.4. The summed E-state index contributed by atoms with van der Waals surface area (Å²) in [7, 11) is 3.73. The van der Waals surface area contributed by atoms with Crippen LogP contribution in [0.25, 0.3) is 26.9 Å². The zero-order chi connectivity index (χ0) is 49.6. The zero-order valence-corrected chi connectivity index (χ0v) is 43.0. The van der Waals surface area contributed by atoms with Gasteiger partial charge in [0, 0.05) is 74.9 Å². The van der Waals surface area contributed by atoms with Crippen molar-refractivity contribution >= 4 is 56.3 Å². The number of ether oxygens (including phenoxy) is 7. The number of alkyl halides is 1. The number of hydrogen-bond donors (Lipinski definition) is 1. The molecule has 2 aliphatic carbocycles. The van der Waals surface area contributed by atoms with Crippen LogP contribution in [0.15, 0.2) is 42.9 Å². The van der Waals surface area contributed by atoms with Gasteiger partial charge < -0.3 is 43.2 Å². The molecular weight excluding hydrogens is 975 g/mol. The number of methoxy groups -OCH3 is 1. The zero-order valence-electron chi connectivity index (χ0n) is 40.6. The average molecular weight is 1040 g/mol. The van der Waals surface area contributed by atoms with Crippen LogP contribution in [0.4, 0.5) is 4.39 Å². The Balaban J connectivity index is 1.02. The lowest BCUT2D eigenvalue weighted by atomic mass is 9.80. The molecule has 15 nitrogen and oxygen atoms in total. The van der Waals surface area contributed by atoms with E-state index in [0.29, 0.717) is 94.0 Å². The van der Waals surface area contributed by atoms with Gasteiger partial charge in [-0.25, -0.2) is 29.1 Å². The fraction of sp³-hybridized carbons (Fsp3) is 0.519. The standard InChI is InChI=1S/C52H61Cl2FN6O9S/c1-31-41-32(2)45(54)46(44(31)53)69-38(26-61-18-16-60(3)17-19-61)28-67-37-8-9-39(35(24-37)25-40(51(62)63)70-49-43-42(41)47(33-6-5-7-33)71-50(43)58-30-57-49)68-27-36-12-15-56-48(59-36)34-10-13-52(55,14-11-34)29-66-23-22-65-21-20-64-4/h8-10,12,15,24,30,33,38,40H,5-7,11,13-14,16-23,25-29H2,1-4H3,(H,62,63)/t38-,40-,52-/m1/s1. The fourth-order valence-corrected chi connectivity index (χ4v) is 11.3. The van der Waals surface area contributed by atoms with Crippen molar-refractivity contribution in [2.75, 3.05) is 86.5 Å². The highest BCUT2D eigenvalue weighted by atomic mass is 35.5. The molecule has 1 saturated carbocycles. The first-order valence-corrected chi connectivity index (χ1v) is 25.9. The second-order valence-electron chi connectivity index (χ2n) is 18.9. The van der Waals surface area contributed by atoms with Crippen molar-refractivity contribution in [3.05, 3.63) is 86.0 Å². The van der Waals surface area contributed by atoms with Crippen LogP contribution in [-0.4, -0.2) is 145 Å². The molecular formula is C52H61Cl2FN6O9S. The molecule has 3 aromatic heterocycles. The Morgan fingerprint density at radius 3 is 2.48 bits per heavy atom. The molecule has 3 atom stereocenters. The average Bonchev–Trinajstić information content (AvgIpc) is 3.72. The Labute approximate surface area is 427 Å². The molecule has 380 valence electrons. The van der Waals surface area contributed by atoms with Gasteiger partial charge >= 0.3 is 5.97 Å². The molecule has 0 amide bonds. The quantitative estimate of drug-likeness (QED) is 0.0931. The number of carboxylic acids is 1. The highest BCUT2D eigenvalue weighted by molar-refractivity contribution is 7.19. The van der Waals surface area contributed by atoms with Crippen LogP contribution in [0.3, 0.4) is 0 Å². The second-order valence-corrected chi connectivity index (χ2v) is 20.7. The van der Waals surface area contributed by atoms with Gasteiger partial charge in [0.15, 0.2) is 11.6 Å². The topological polar surface area (TPSA) is 160 Å². The summed E-state index contributed by atoms with van der Waals surface area (Å²) in [5, 5.41) is 12.3. The van der Waals surface area contributed by atoms with E-state index in [1.807, 2.05) is 19.9 Å². The monoisotopic (exact) mass is 1030 g/mol. The molecule has 0 unspecified atom stereocenters. The molecule has 5 aliphatic rings. The highest BCUT2D eigenvalue weighted by Crippen LogP contribution is 2.54. The number of nitrogens with zero attached hydrogens (tertiary/aromatic N) is 6. The highest BCUT2D eigenvalue weighted by Gasteiger charge is 2.36. The largest absolute Gasteiger partial charge is 0.490 e. The molecule has 0 radical (unpaired) electrons. The Kier molecular flexibility index (Phi) is 16.6. The van der Waals surface area contributed by atoms with Gasteiger partial charge in [0.1, 0.15) is 47.6 Å². The number of thiophene rings is 1. The normalized spacial score (nSPS) is 21.2. The van der Waals surface area contributed by atoms with E-state index in [-0.39, 0.29) is 50.9 Å². The maximum atomic E-state index is 15.7. The number of hydrogen-bond acceptors (Lipinski definition) is 15. The molecule has 3 aliphatic heterocycles. The first kappa shape index (κ1) is 51.2.